The molecule has 6 nitrogen and oxygen atoms in total. The molecule has 0 aromatic heterocycles. The highest BCUT2D eigenvalue weighted by Crippen LogP contribution is 2.25. The maximum atomic E-state index is 11.9. The topological polar surface area (TPSA) is 90.8 Å². The van der Waals surface area contributed by atoms with Gasteiger partial charge in [0, 0.05) is 19.7 Å². The van der Waals surface area contributed by atoms with Crippen LogP contribution in [-0.4, -0.2) is 29.7 Å². The average Bonchev–Trinajstić information content (AvgIpc) is 2.57. The second kappa shape index (κ2) is 9.34. The first-order chi connectivity index (χ1) is 11.9. The van der Waals surface area contributed by atoms with Crippen LogP contribution in [0.4, 0.5) is 0 Å². The van der Waals surface area contributed by atoms with Gasteiger partial charge in [-0.1, -0.05) is 11.6 Å². The number of phenols is 1. The Bertz CT molecular complexity index is 826. The molecule has 0 aliphatic carbocycles. The van der Waals surface area contributed by atoms with Gasteiger partial charge < -0.3 is 10.4 Å². The van der Waals surface area contributed by atoms with Crippen LogP contribution in [0.3, 0.4) is 0 Å². The van der Waals surface area contributed by atoms with Crippen LogP contribution in [0.1, 0.15) is 15.9 Å². The Kier molecular flexibility index (Phi) is 7.44. The molecule has 25 heavy (non-hydrogen) atoms. The van der Waals surface area contributed by atoms with Crippen molar-refractivity contribution in [3.05, 3.63) is 59.7 Å². The molecule has 0 atom stereocenters. The van der Waals surface area contributed by atoms with E-state index in [-0.39, 0.29) is 18.2 Å². The van der Waals surface area contributed by atoms with E-state index in [0.717, 1.165) is 3.57 Å². The number of benzene rings is 2. The Morgan fingerprint density at radius 2 is 1.88 bits per heavy atom. The van der Waals surface area contributed by atoms with E-state index >= 15 is 0 Å². The molecule has 2 rings (SSSR count). The van der Waals surface area contributed by atoms with E-state index in [0.29, 0.717) is 19.7 Å². The molecule has 0 radical (unpaired) electrons. The average molecular weight is 584 g/mol. The fourth-order valence-corrected chi connectivity index (χ4v) is 3.78. The monoisotopic (exact) mass is 583 g/mol. The Morgan fingerprint density at radius 1 is 1.20 bits per heavy atom. The molecule has 0 saturated heterocycles. The molecule has 3 N–H and O–H groups in total. The highest BCUT2D eigenvalue weighted by molar-refractivity contribution is 14.1. The summed E-state index contributed by atoms with van der Waals surface area (Å²) in [4.78, 5) is 23.6. The molecule has 0 aliphatic heterocycles. The molecule has 130 valence electrons. The molecule has 0 heterocycles. The van der Waals surface area contributed by atoms with Gasteiger partial charge in [0.25, 0.3) is 11.8 Å². The first-order valence-corrected chi connectivity index (χ1v) is 9.44. The number of halogens is 3. The number of nitrogens with one attached hydrogen (secondary N) is 2. The number of hydrogen-bond donors (Lipinski definition) is 3. The predicted molar refractivity (Wildman–Crippen MR) is 113 cm³/mol. The summed E-state index contributed by atoms with van der Waals surface area (Å²) >= 11 is 9.88. The number of phenolic OH excluding ortho intramolecular Hbond substituents is 1. The number of carbonyl (C=O) groups excluding carboxylic acids is 2. The van der Waals surface area contributed by atoms with Crippen molar-refractivity contribution in [2.75, 3.05) is 6.54 Å². The highest BCUT2D eigenvalue weighted by atomic mass is 127. The second-order valence-corrected chi connectivity index (χ2v) is 7.65. The minimum atomic E-state index is -0.488. The largest absolute Gasteiger partial charge is 0.506 e. The minimum absolute atomic E-state index is 0.0926. The number of rotatable bonds is 5. The molecule has 9 heteroatoms. The van der Waals surface area contributed by atoms with Gasteiger partial charge >= 0.3 is 0 Å². The Hall–Kier alpha value is -1.40. The van der Waals surface area contributed by atoms with Gasteiger partial charge in [0.15, 0.2) is 0 Å². The molecular formula is C16H12ClI2N3O3. The van der Waals surface area contributed by atoms with Gasteiger partial charge in [0.1, 0.15) is 5.75 Å². The van der Waals surface area contributed by atoms with Crippen LogP contribution in [0.25, 0.3) is 0 Å². The molecule has 0 bridgehead atoms. The van der Waals surface area contributed by atoms with Crippen LogP contribution < -0.4 is 10.7 Å². The predicted octanol–water partition coefficient (Wildman–Crippen LogP) is 3.13. The summed E-state index contributed by atoms with van der Waals surface area (Å²) in [6.45, 7) is -0.228. The van der Waals surface area contributed by atoms with Crippen molar-refractivity contribution in [2.24, 2.45) is 5.10 Å². The van der Waals surface area contributed by atoms with Gasteiger partial charge in [-0.3, -0.25) is 9.59 Å². The SMILES string of the molecule is O=C(CNC(=O)c1ccc(Cl)cc1)N/N=C/c1cc(I)cc(I)c1O. The van der Waals surface area contributed by atoms with E-state index in [4.69, 9.17) is 11.6 Å². The fourth-order valence-electron chi connectivity index (χ4n) is 1.76. The molecule has 2 aromatic carbocycles. The summed E-state index contributed by atoms with van der Waals surface area (Å²) in [7, 11) is 0. The smallest absolute Gasteiger partial charge is 0.259 e. The van der Waals surface area contributed by atoms with Gasteiger partial charge in [0.05, 0.1) is 16.3 Å². The van der Waals surface area contributed by atoms with Gasteiger partial charge in [-0.15, -0.1) is 0 Å². The van der Waals surface area contributed by atoms with E-state index in [1.807, 2.05) is 28.7 Å². The lowest BCUT2D eigenvalue weighted by Crippen LogP contribution is -2.34. The second-order valence-electron chi connectivity index (χ2n) is 4.81. The number of carbonyl (C=O) groups is 2. The molecule has 0 fully saturated rings. The van der Waals surface area contributed by atoms with E-state index in [2.05, 4.69) is 38.4 Å². The molecule has 0 saturated carbocycles. The van der Waals surface area contributed by atoms with E-state index in [1.165, 1.54) is 6.21 Å². The molecule has 0 aliphatic rings. The van der Waals surface area contributed by atoms with Crippen molar-refractivity contribution in [1.29, 1.82) is 0 Å². The third kappa shape index (κ3) is 6.12. The van der Waals surface area contributed by atoms with Crippen LogP contribution in [0.5, 0.6) is 5.75 Å². The fraction of sp³-hybridized carbons (Fsp3) is 0.0625. The lowest BCUT2D eigenvalue weighted by Gasteiger charge is -2.05. The van der Waals surface area contributed by atoms with Crippen LogP contribution in [0.2, 0.25) is 5.02 Å². The zero-order chi connectivity index (χ0) is 18.4. The van der Waals surface area contributed by atoms with Crippen molar-refractivity contribution >= 4 is 74.8 Å². The van der Waals surface area contributed by atoms with Crippen LogP contribution >= 0.6 is 56.8 Å². The molecular weight excluding hydrogens is 571 g/mol. The van der Waals surface area contributed by atoms with Crippen molar-refractivity contribution in [1.82, 2.24) is 10.7 Å². The lowest BCUT2D eigenvalue weighted by atomic mass is 10.2. The lowest BCUT2D eigenvalue weighted by molar-refractivity contribution is -0.120. The summed E-state index contributed by atoms with van der Waals surface area (Å²) in [5, 5.41) is 16.7. The Morgan fingerprint density at radius 3 is 2.56 bits per heavy atom. The molecule has 0 spiro atoms. The van der Waals surface area contributed by atoms with Crippen molar-refractivity contribution < 1.29 is 14.7 Å². The molecule has 0 unspecified atom stereocenters. The van der Waals surface area contributed by atoms with Crippen molar-refractivity contribution in [2.45, 2.75) is 0 Å². The van der Waals surface area contributed by atoms with Gasteiger partial charge in [-0.05, 0) is 81.6 Å². The Labute approximate surface area is 176 Å². The van der Waals surface area contributed by atoms with Crippen molar-refractivity contribution in [3.63, 3.8) is 0 Å². The zero-order valence-electron chi connectivity index (χ0n) is 12.6. The van der Waals surface area contributed by atoms with Crippen molar-refractivity contribution in [3.8, 4) is 5.75 Å². The first-order valence-electron chi connectivity index (χ1n) is 6.90. The number of hydrazone groups is 1. The summed E-state index contributed by atoms with van der Waals surface area (Å²) in [5.41, 5.74) is 3.18. The zero-order valence-corrected chi connectivity index (χ0v) is 17.7. The third-order valence-corrected chi connectivity index (χ3v) is 4.66. The summed E-state index contributed by atoms with van der Waals surface area (Å²) in [5.74, 6) is -0.783. The van der Waals surface area contributed by atoms with E-state index < -0.39 is 5.91 Å². The summed E-state index contributed by atoms with van der Waals surface area (Å²) in [6.07, 6.45) is 1.35. The molecule has 2 aromatic rings. The third-order valence-electron chi connectivity index (χ3n) is 2.97. The first kappa shape index (κ1) is 19.9. The summed E-state index contributed by atoms with van der Waals surface area (Å²) in [6, 6.07) is 9.87. The van der Waals surface area contributed by atoms with Crippen LogP contribution in [0.15, 0.2) is 41.5 Å². The minimum Gasteiger partial charge on any atom is -0.506 e. The number of nitrogens with zero attached hydrogens (tertiary/aromatic N) is 1. The molecule has 2 amide bonds. The van der Waals surface area contributed by atoms with Gasteiger partial charge in [-0.2, -0.15) is 5.10 Å². The Balaban J connectivity index is 1.86. The van der Waals surface area contributed by atoms with Gasteiger partial charge in [0.2, 0.25) is 0 Å². The van der Waals surface area contributed by atoms with Gasteiger partial charge in [-0.25, -0.2) is 5.43 Å². The number of hydrogen-bond acceptors (Lipinski definition) is 4. The van der Waals surface area contributed by atoms with Crippen LogP contribution in [-0.2, 0) is 4.79 Å². The standard InChI is InChI=1S/C16H12ClI2N3O3/c17-11-3-1-9(2-4-11)16(25)20-8-14(23)22-21-7-10-5-12(18)6-13(19)15(10)24/h1-7,24H,8H2,(H,20,25)(H,22,23)/b21-7+. The normalized spacial score (nSPS) is 10.7. The quantitative estimate of drug-likeness (QED) is 0.287. The number of aromatic hydroxyl groups is 1. The maximum Gasteiger partial charge on any atom is 0.259 e. The highest BCUT2D eigenvalue weighted by Gasteiger charge is 2.08. The number of amides is 2. The maximum absolute atomic E-state index is 11.9. The summed E-state index contributed by atoms with van der Waals surface area (Å²) < 4.78 is 1.62. The van der Waals surface area contributed by atoms with E-state index in [1.54, 1.807) is 30.3 Å². The van der Waals surface area contributed by atoms with Crippen LogP contribution in [0, 0.1) is 7.14 Å². The van der Waals surface area contributed by atoms with E-state index in [9.17, 15) is 14.7 Å².